The molecule has 2 unspecified atom stereocenters. The van der Waals surface area contributed by atoms with E-state index in [4.69, 9.17) is 17.3 Å². The Hall–Kier alpha value is -0.530. The van der Waals surface area contributed by atoms with Gasteiger partial charge in [0.2, 0.25) is 0 Å². The van der Waals surface area contributed by atoms with Crippen LogP contribution in [0.2, 0.25) is 0 Å². The van der Waals surface area contributed by atoms with E-state index in [9.17, 15) is 0 Å². The summed E-state index contributed by atoms with van der Waals surface area (Å²) in [6, 6.07) is -0.0208. The molecule has 1 nitrogen and oxygen atoms in total. The van der Waals surface area contributed by atoms with Gasteiger partial charge in [-0.15, -0.1) is 11.6 Å². The van der Waals surface area contributed by atoms with Crippen LogP contribution in [0.1, 0.15) is 13.8 Å². The molecule has 2 heteroatoms. The van der Waals surface area contributed by atoms with Gasteiger partial charge < -0.3 is 5.73 Å². The quantitative estimate of drug-likeness (QED) is 0.453. The Morgan fingerprint density at radius 1 is 1.42 bits per heavy atom. The maximum absolute atomic E-state index is 6.04. The molecule has 12 heavy (non-hydrogen) atoms. The van der Waals surface area contributed by atoms with Gasteiger partial charge in [-0.3, -0.25) is 0 Å². The normalized spacial score (nSPS) is 36.3. The third-order valence-corrected chi connectivity index (χ3v) is 2.56. The topological polar surface area (TPSA) is 26.0 Å². The molecular formula is C10H14ClN. The highest BCUT2D eigenvalue weighted by Gasteiger charge is 2.21. The lowest BCUT2D eigenvalue weighted by molar-refractivity contribution is 0.855. The monoisotopic (exact) mass is 183 g/mol. The molecule has 2 atom stereocenters. The molecule has 66 valence electrons. The molecule has 0 aliphatic heterocycles. The molecule has 0 fully saturated rings. The summed E-state index contributed by atoms with van der Waals surface area (Å²) in [5, 5.41) is -0.0336. The molecular weight excluding hydrogens is 170 g/mol. The van der Waals surface area contributed by atoms with Gasteiger partial charge in [-0.2, -0.15) is 0 Å². The highest BCUT2D eigenvalue weighted by molar-refractivity contribution is 6.24. The Kier molecular flexibility index (Phi) is 3.12. The SMILES string of the molecule is CC=C1C=CC(Cl)C(=CC)C1N. The van der Waals surface area contributed by atoms with Crippen LogP contribution in [-0.4, -0.2) is 11.4 Å². The Balaban J connectivity index is 3.01. The van der Waals surface area contributed by atoms with Crippen molar-refractivity contribution >= 4 is 11.6 Å². The van der Waals surface area contributed by atoms with E-state index < -0.39 is 0 Å². The molecule has 0 aromatic rings. The van der Waals surface area contributed by atoms with E-state index in [-0.39, 0.29) is 11.4 Å². The average molecular weight is 184 g/mol. The third-order valence-electron chi connectivity index (χ3n) is 2.16. The van der Waals surface area contributed by atoms with Crippen molar-refractivity contribution in [2.45, 2.75) is 25.3 Å². The summed E-state index contributed by atoms with van der Waals surface area (Å²) in [5.74, 6) is 0. The van der Waals surface area contributed by atoms with Gasteiger partial charge in [0.05, 0.1) is 11.4 Å². The Morgan fingerprint density at radius 2 is 2.08 bits per heavy atom. The summed E-state index contributed by atoms with van der Waals surface area (Å²) in [7, 11) is 0. The first-order valence-corrected chi connectivity index (χ1v) is 4.54. The van der Waals surface area contributed by atoms with Crippen LogP contribution in [0.4, 0.5) is 0 Å². The van der Waals surface area contributed by atoms with Crippen LogP contribution >= 0.6 is 11.6 Å². The van der Waals surface area contributed by atoms with E-state index in [2.05, 4.69) is 0 Å². The van der Waals surface area contributed by atoms with Crippen molar-refractivity contribution in [3.05, 3.63) is 35.5 Å². The number of rotatable bonds is 0. The molecule has 1 aliphatic carbocycles. The van der Waals surface area contributed by atoms with E-state index in [1.165, 1.54) is 0 Å². The van der Waals surface area contributed by atoms with Crippen molar-refractivity contribution < 1.29 is 0 Å². The van der Waals surface area contributed by atoms with Gasteiger partial charge in [0.25, 0.3) is 0 Å². The van der Waals surface area contributed by atoms with Gasteiger partial charge in [-0.25, -0.2) is 0 Å². The second-order valence-electron chi connectivity index (χ2n) is 2.82. The first-order valence-electron chi connectivity index (χ1n) is 4.10. The minimum absolute atomic E-state index is 0.0208. The first kappa shape index (κ1) is 9.56. The summed E-state index contributed by atoms with van der Waals surface area (Å²) in [4.78, 5) is 0. The van der Waals surface area contributed by atoms with E-state index in [1.807, 2.05) is 38.2 Å². The maximum Gasteiger partial charge on any atom is 0.0747 e. The van der Waals surface area contributed by atoms with Crippen molar-refractivity contribution in [1.82, 2.24) is 0 Å². The van der Waals surface area contributed by atoms with Crippen molar-refractivity contribution in [2.75, 3.05) is 0 Å². The molecule has 0 spiro atoms. The molecule has 1 rings (SSSR count). The summed E-state index contributed by atoms with van der Waals surface area (Å²) in [6.45, 7) is 3.96. The Bertz CT molecular complexity index is 251. The second kappa shape index (κ2) is 3.92. The van der Waals surface area contributed by atoms with Gasteiger partial charge in [0.15, 0.2) is 0 Å². The van der Waals surface area contributed by atoms with Crippen molar-refractivity contribution in [2.24, 2.45) is 5.73 Å². The molecule has 0 amide bonds. The predicted molar refractivity (Wildman–Crippen MR) is 54.3 cm³/mol. The summed E-state index contributed by atoms with van der Waals surface area (Å²) >= 11 is 6.04. The fourth-order valence-corrected chi connectivity index (χ4v) is 1.72. The van der Waals surface area contributed by atoms with E-state index in [0.717, 1.165) is 11.1 Å². The molecule has 0 aromatic heterocycles. The van der Waals surface area contributed by atoms with Crippen molar-refractivity contribution in [1.29, 1.82) is 0 Å². The zero-order valence-corrected chi connectivity index (χ0v) is 8.18. The number of hydrogen-bond donors (Lipinski definition) is 1. The number of allylic oxidation sites excluding steroid dienone is 3. The van der Waals surface area contributed by atoms with E-state index in [1.54, 1.807) is 0 Å². The van der Waals surface area contributed by atoms with Crippen LogP contribution < -0.4 is 5.73 Å². The van der Waals surface area contributed by atoms with Crippen molar-refractivity contribution in [3.8, 4) is 0 Å². The van der Waals surface area contributed by atoms with E-state index >= 15 is 0 Å². The van der Waals surface area contributed by atoms with Gasteiger partial charge >= 0.3 is 0 Å². The highest BCUT2D eigenvalue weighted by atomic mass is 35.5. The Labute approximate surface area is 78.6 Å². The minimum Gasteiger partial charge on any atom is -0.321 e. The molecule has 1 aliphatic rings. The lowest BCUT2D eigenvalue weighted by Crippen LogP contribution is -2.31. The molecule has 0 heterocycles. The van der Waals surface area contributed by atoms with Crippen LogP contribution in [-0.2, 0) is 0 Å². The molecule has 2 N–H and O–H groups in total. The fourth-order valence-electron chi connectivity index (χ4n) is 1.39. The van der Waals surface area contributed by atoms with Gasteiger partial charge in [-0.05, 0) is 25.0 Å². The standard InChI is InChI=1S/C10H14ClN/c1-3-7-5-6-9(11)8(4-2)10(7)12/h3-6,9-10H,12H2,1-2H3. The average Bonchev–Trinajstić information content (AvgIpc) is 2.06. The van der Waals surface area contributed by atoms with Crippen LogP contribution in [0, 0.1) is 0 Å². The predicted octanol–water partition coefficient (Wildman–Crippen LogP) is 2.38. The molecule has 0 saturated carbocycles. The molecule has 0 aromatic carbocycles. The fraction of sp³-hybridized carbons (Fsp3) is 0.400. The van der Waals surface area contributed by atoms with Gasteiger partial charge in [0, 0.05) is 0 Å². The lowest BCUT2D eigenvalue weighted by Gasteiger charge is -2.24. The summed E-state index contributed by atoms with van der Waals surface area (Å²) in [5.41, 5.74) is 8.19. The molecule has 0 saturated heterocycles. The largest absolute Gasteiger partial charge is 0.321 e. The van der Waals surface area contributed by atoms with Gasteiger partial charge in [-0.1, -0.05) is 24.3 Å². The number of nitrogens with two attached hydrogens (primary N) is 1. The maximum atomic E-state index is 6.04. The Morgan fingerprint density at radius 3 is 2.58 bits per heavy atom. The van der Waals surface area contributed by atoms with Crippen LogP contribution in [0.5, 0.6) is 0 Å². The number of halogens is 1. The van der Waals surface area contributed by atoms with Crippen LogP contribution in [0.3, 0.4) is 0 Å². The van der Waals surface area contributed by atoms with Gasteiger partial charge in [0.1, 0.15) is 0 Å². The summed E-state index contributed by atoms with van der Waals surface area (Å²) in [6.07, 6.45) is 7.98. The van der Waals surface area contributed by atoms with Crippen LogP contribution in [0.25, 0.3) is 0 Å². The third kappa shape index (κ3) is 1.62. The van der Waals surface area contributed by atoms with E-state index in [0.29, 0.717) is 0 Å². The zero-order valence-electron chi connectivity index (χ0n) is 7.42. The van der Waals surface area contributed by atoms with Crippen molar-refractivity contribution in [3.63, 3.8) is 0 Å². The number of alkyl halides is 1. The molecule has 0 radical (unpaired) electrons. The minimum atomic E-state index is -0.0336. The first-order chi connectivity index (χ1) is 5.70. The number of hydrogen-bond acceptors (Lipinski definition) is 1. The smallest absolute Gasteiger partial charge is 0.0747 e. The van der Waals surface area contributed by atoms with Crippen LogP contribution in [0.15, 0.2) is 35.5 Å². The summed E-state index contributed by atoms with van der Waals surface area (Å²) < 4.78 is 0. The lowest BCUT2D eigenvalue weighted by atomic mass is 9.91. The molecule has 0 bridgehead atoms. The second-order valence-corrected chi connectivity index (χ2v) is 3.29. The zero-order chi connectivity index (χ0) is 9.14. The highest BCUT2D eigenvalue weighted by Crippen LogP contribution is 2.25.